The summed E-state index contributed by atoms with van der Waals surface area (Å²) in [6.07, 6.45) is -5.65. The minimum atomic E-state index is -4.95. The van der Waals surface area contributed by atoms with Crippen LogP contribution in [0.4, 0.5) is 10.2 Å². The number of nitrogens with two attached hydrogens (primary N) is 1. The summed E-state index contributed by atoms with van der Waals surface area (Å²) in [5, 5.41) is 19.5. The molecular weight excluding hydrogens is 352 g/mol. The quantitative estimate of drug-likeness (QED) is 0.306. The number of rotatable bonds is 4. The van der Waals surface area contributed by atoms with Crippen LogP contribution in [0.1, 0.15) is 6.23 Å². The van der Waals surface area contributed by atoms with Crippen molar-refractivity contribution >= 4 is 24.8 Å². The number of aromatic nitrogens is 4. The second kappa shape index (κ2) is 5.97. The van der Waals surface area contributed by atoms with E-state index in [0.717, 1.165) is 10.9 Å². The van der Waals surface area contributed by atoms with Gasteiger partial charge in [0.15, 0.2) is 23.2 Å². The fourth-order valence-electron chi connectivity index (χ4n) is 2.48. The van der Waals surface area contributed by atoms with E-state index < -0.39 is 45.0 Å². The van der Waals surface area contributed by atoms with Crippen molar-refractivity contribution in [2.75, 3.05) is 12.3 Å². The number of nitrogens with zero attached hydrogens (tertiary/aromatic N) is 4. The smallest absolute Gasteiger partial charge is 0.394 e. The molecule has 0 aromatic carbocycles. The van der Waals surface area contributed by atoms with E-state index in [4.69, 9.17) is 20.3 Å². The normalized spacial score (nSPS) is 27.9. The zero-order valence-corrected chi connectivity index (χ0v) is 12.7. The molecule has 1 aliphatic heterocycles. The third-order valence-electron chi connectivity index (χ3n) is 3.44. The first-order valence-corrected chi connectivity index (χ1v) is 8.08. The molecule has 1 aliphatic rings. The van der Waals surface area contributed by atoms with Crippen LogP contribution in [-0.4, -0.2) is 64.4 Å². The van der Waals surface area contributed by atoms with E-state index in [2.05, 4.69) is 19.5 Å². The molecule has 12 nitrogen and oxygen atoms in total. The second-order valence-corrected chi connectivity index (χ2v) is 6.19. The van der Waals surface area contributed by atoms with Crippen molar-refractivity contribution in [3.05, 3.63) is 12.4 Å². The van der Waals surface area contributed by atoms with Crippen LogP contribution >= 0.6 is 7.82 Å². The number of aliphatic hydroxyl groups excluding tert-OH is 2. The molecule has 6 N–H and O–H groups in total. The van der Waals surface area contributed by atoms with E-state index in [9.17, 15) is 19.2 Å². The van der Waals surface area contributed by atoms with Crippen molar-refractivity contribution in [1.82, 2.24) is 19.5 Å². The summed E-state index contributed by atoms with van der Waals surface area (Å²) < 4.78 is 35.3. The maximum Gasteiger partial charge on any atom is 0.470 e. The summed E-state index contributed by atoms with van der Waals surface area (Å²) in [7, 11) is -4.95. The monoisotopic (exact) mass is 365 g/mol. The van der Waals surface area contributed by atoms with Crippen molar-refractivity contribution in [2.45, 2.75) is 24.5 Å². The molecule has 2 aromatic rings. The molecule has 1 saturated heterocycles. The third-order valence-corrected chi connectivity index (χ3v) is 3.96. The van der Waals surface area contributed by atoms with Gasteiger partial charge in [0.25, 0.3) is 0 Å². The summed E-state index contributed by atoms with van der Waals surface area (Å²) in [5.41, 5.74) is 5.48. The number of hydrogen-bond acceptors (Lipinski definition) is 9. The lowest BCUT2D eigenvalue weighted by atomic mass is 10.1. The van der Waals surface area contributed by atoms with Crippen molar-refractivity contribution in [3.63, 3.8) is 0 Å². The van der Waals surface area contributed by atoms with Crippen LogP contribution in [0.15, 0.2) is 6.33 Å². The highest BCUT2D eigenvalue weighted by molar-refractivity contribution is 7.46. The molecule has 3 heterocycles. The average molecular weight is 365 g/mol. The maximum atomic E-state index is 13.4. The summed E-state index contributed by atoms with van der Waals surface area (Å²) in [5.74, 6) is -0.231. The molecule has 3 rings (SSSR count). The molecule has 4 atom stereocenters. The zero-order valence-electron chi connectivity index (χ0n) is 11.8. The van der Waals surface area contributed by atoms with Crippen LogP contribution in [0.2, 0.25) is 0 Å². The lowest BCUT2D eigenvalue weighted by Gasteiger charge is -2.20. The molecule has 2 aromatic heterocycles. The van der Waals surface area contributed by atoms with Crippen LogP contribution < -0.4 is 5.73 Å². The molecular formula is C10H13FN5O7P. The molecule has 0 spiro atoms. The Hall–Kier alpha value is -1.73. The molecule has 0 aliphatic carbocycles. The van der Waals surface area contributed by atoms with Gasteiger partial charge in [0, 0.05) is 0 Å². The molecule has 14 heteroatoms. The zero-order chi connectivity index (χ0) is 17.6. The van der Waals surface area contributed by atoms with Crippen LogP contribution in [0.25, 0.3) is 11.2 Å². The van der Waals surface area contributed by atoms with Crippen LogP contribution in [0, 0.1) is 6.08 Å². The van der Waals surface area contributed by atoms with Gasteiger partial charge >= 0.3 is 13.9 Å². The summed E-state index contributed by atoms with van der Waals surface area (Å²) in [6.45, 7) is -0.684. The Bertz CT molecular complexity index is 812. The highest BCUT2D eigenvalue weighted by atomic mass is 31.2. The van der Waals surface area contributed by atoms with E-state index in [1.807, 2.05) is 0 Å². The Kier molecular flexibility index (Phi) is 4.25. The van der Waals surface area contributed by atoms with Gasteiger partial charge < -0.3 is 30.5 Å². The Morgan fingerprint density at radius 2 is 2.17 bits per heavy atom. The largest absolute Gasteiger partial charge is 0.470 e. The number of hydrogen-bond donors (Lipinski definition) is 5. The topological polar surface area (TPSA) is 186 Å². The van der Waals surface area contributed by atoms with Gasteiger partial charge in [0.05, 0.1) is 12.9 Å². The van der Waals surface area contributed by atoms with E-state index in [0.29, 0.717) is 0 Å². The van der Waals surface area contributed by atoms with E-state index in [1.54, 1.807) is 0 Å². The van der Waals surface area contributed by atoms with E-state index >= 15 is 0 Å². The molecule has 0 amide bonds. The van der Waals surface area contributed by atoms with Crippen LogP contribution in [-0.2, 0) is 13.8 Å². The third kappa shape index (κ3) is 2.98. The Morgan fingerprint density at radius 3 is 2.79 bits per heavy atom. The van der Waals surface area contributed by atoms with Gasteiger partial charge in [0.2, 0.25) is 0 Å². The number of halogens is 1. The maximum absolute atomic E-state index is 13.4. The lowest BCUT2D eigenvalue weighted by molar-refractivity contribution is -0.0509. The number of fused-ring (bicyclic) bond motifs is 1. The van der Waals surface area contributed by atoms with Gasteiger partial charge in [-0.15, -0.1) is 0 Å². The first kappa shape index (κ1) is 17.1. The number of anilines is 1. The number of aliphatic hydroxyl groups is 2. The minimum absolute atomic E-state index is 0.0482. The SMILES string of the molecule is Nc1nc(F)nc2c1ncn2[C@@H]1O[C@H](CO)[C@@H](OP(=O)(O)O)[C@H]1O. The predicted octanol–water partition coefficient (Wildman–Crippen LogP) is -1.72. The van der Waals surface area contributed by atoms with Gasteiger partial charge in [-0.3, -0.25) is 9.09 Å². The molecule has 132 valence electrons. The Labute approximate surface area is 132 Å². The second-order valence-electron chi connectivity index (χ2n) is 5.00. The average Bonchev–Trinajstić information content (AvgIpc) is 3.00. The van der Waals surface area contributed by atoms with Gasteiger partial charge in [-0.05, 0) is 0 Å². The predicted molar refractivity (Wildman–Crippen MR) is 73.6 cm³/mol. The van der Waals surface area contributed by atoms with Crippen molar-refractivity contribution < 1.29 is 38.2 Å². The molecule has 24 heavy (non-hydrogen) atoms. The van der Waals surface area contributed by atoms with E-state index in [1.165, 1.54) is 0 Å². The summed E-state index contributed by atoms with van der Waals surface area (Å²) >= 11 is 0. The van der Waals surface area contributed by atoms with Crippen LogP contribution in [0.5, 0.6) is 0 Å². The number of imidazole rings is 1. The fraction of sp³-hybridized carbons (Fsp3) is 0.500. The number of ether oxygens (including phenoxy) is 1. The fourth-order valence-corrected chi connectivity index (χ4v) is 3.06. The number of phosphoric acid groups is 1. The van der Waals surface area contributed by atoms with Gasteiger partial charge in [-0.1, -0.05) is 0 Å². The van der Waals surface area contributed by atoms with Crippen LogP contribution in [0.3, 0.4) is 0 Å². The lowest BCUT2D eigenvalue weighted by Crippen LogP contribution is -2.35. The van der Waals surface area contributed by atoms with Crippen molar-refractivity contribution in [3.8, 4) is 0 Å². The highest BCUT2D eigenvalue weighted by Crippen LogP contribution is 2.44. The summed E-state index contributed by atoms with van der Waals surface area (Å²) in [6, 6.07) is 0. The standard InChI is InChI=1S/C10H13FN5O7P/c11-10-14-7(12)4-8(15-10)16(2-13-4)9-5(18)6(3(1-17)22-9)23-24(19,20)21/h2-3,5-6,9,17-18H,1H2,(H2,12,14,15)(H2,19,20,21)/t3-,5-,6-,9-/m1/s1. The van der Waals surface area contributed by atoms with Gasteiger partial charge in [-0.25, -0.2) is 9.55 Å². The molecule has 0 unspecified atom stereocenters. The van der Waals surface area contributed by atoms with Crippen molar-refractivity contribution in [1.29, 1.82) is 0 Å². The molecule has 0 radical (unpaired) electrons. The highest BCUT2D eigenvalue weighted by Gasteiger charge is 2.48. The number of phosphoric ester groups is 1. The Balaban J connectivity index is 2.00. The first-order valence-electron chi connectivity index (χ1n) is 6.55. The first-order chi connectivity index (χ1) is 11.2. The molecule has 1 fully saturated rings. The van der Waals surface area contributed by atoms with E-state index in [-0.39, 0.29) is 17.0 Å². The van der Waals surface area contributed by atoms with Gasteiger partial charge in [0.1, 0.15) is 18.3 Å². The Morgan fingerprint density at radius 1 is 1.46 bits per heavy atom. The number of nitrogen functional groups attached to an aromatic ring is 1. The summed E-state index contributed by atoms with van der Waals surface area (Å²) in [4.78, 5) is 28.5. The molecule has 0 bridgehead atoms. The van der Waals surface area contributed by atoms with Crippen molar-refractivity contribution in [2.24, 2.45) is 0 Å². The molecule has 0 saturated carbocycles. The minimum Gasteiger partial charge on any atom is -0.394 e. The van der Waals surface area contributed by atoms with Gasteiger partial charge in [-0.2, -0.15) is 14.4 Å².